The number of rotatable bonds is 1. The van der Waals surface area contributed by atoms with Gasteiger partial charge in [-0.25, -0.2) is 0 Å². The first-order chi connectivity index (χ1) is 11.7. The lowest BCUT2D eigenvalue weighted by atomic mass is 10.0. The van der Waals surface area contributed by atoms with Gasteiger partial charge in [-0.1, -0.05) is 40.2 Å². The molecule has 0 saturated heterocycles. The van der Waals surface area contributed by atoms with E-state index in [1.807, 2.05) is 48.5 Å². The van der Waals surface area contributed by atoms with E-state index in [0.29, 0.717) is 11.1 Å². The Morgan fingerprint density at radius 3 is 2.62 bits per heavy atom. The van der Waals surface area contributed by atoms with Gasteiger partial charge in [0.25, 0.3) is 5.91 Å². The summed E-state index contributed by atoms with van der Waals surface area (Å²) in [5.74, 6) is -0.0848. The summed E-state index contributed by atoms with van der Waals surface area (Å²) in [5, 5.41) is 11.8. The summed E-state index contributed by atoms with van der Waals surface area (Å²) < 4.78 is 2.59. The van der Waals surface area contributed by atoms with Crippen LogP contribution in [0.1, 0.15) is 15.9 Å². The Morgan fingerprint density at radius 1 is 1.00 bits per heavy atom. The smallest absolute Gasteiger partial charge is 0.262 e. The standard InChI is InChI=1S/C20H11BrN2O/c21-18-6-2-3-15-16(18)4-1-5-17(15)20(24)23-10-9-14-11-13(12-22)7-8-19(14)23/h1-11H. The van der Waals surface area contributed by atoms with E-state index in [9.17, 15) is 4.79 Å². The van der Waals surface area contributed by atoms with Crippen LogP contribution in [0, 0.1) is 11.3 Å². The van der Waals surface area contributed by atoms with Crippen molar-refractivity contribution >= 4 is 43.5 Å². The summed E-state index contributed by atoms with van der Waals surface area (Å²) in [6.07, 6.45) is 1.75. The van der Waals surface area contributed by atoms with Gasteiger partial charge in [0.05, 0.1) is 17.1 Å². The van der Waals surface area contributed by atoms with Crippen LogP contribution in [0.15, 0.2) is 71.3 Å². The number of carbonyl (C=O) groups is 1. The zero-order chi connectivity index (χ0) is 16.7. The van der Waals surface area contributed by atoms with Crippen LogP contribution in [0.4, 0.5) is 0 Å². The number of hydrogen-bond donors (Lipinski definition) is 0. The van der Waals surface area contributed by atoms with E-state index in [4.69, 9.17) is 5.26 Å². The van der Waals surface area contributed by atoms with Gasteiger partial charge in [-0.15, -0.1) is 0 Å². The monoisotopic (exact) mass is 374 g/mol. The lowest BCUT2D eigenvalue weighted by Gasteiger charge is -2.09. The lowest BCUT2D eigenvalue weighted by Crippen LogP contribution is -2.11. The fourth-order valence-electron chi connectivity index (χ4n) is 2.98. The summed E-state index contributed by atoms with van der Waals surface area (Å²) >= 11 is 3.54. The fraction of sp³-hybridized carbons (Fsp3) is 0. The molecule has 0 saturated carbocycles. The van der Waals surface area contributed by atoms with Crippen molar-refractivity contribution in [3.8, 4) is 6.07 Å². The van der Waals surface area contributed by atoms with Crippen molar-refractivity contribution in [3.05, 3.63) is 82.5 Å². The Morgan fingerprint density at radius 2 is 1.79 bits per heavy atom. The van der Waals surface area contributed by atoms with E-state index >= 15 is 0 Å². The van der Waals surface area contributed by atoms with E-state index in [1.54, 1.807) is 22.9 Å². The molecular formula is C20H11BrN2O. The van der Waals surface area contributed by atoms with Crippen molar-refractivity contribution in [2.45, 2.75) is 0 Å². The first kappa shape index (κ1) is 14.7. The highest BCUT2D eigenvalue weighted by Crippen LogP contribution is 2.28. The summed E-state index contributed by atoms with van der Waals surface area (Å²) in [4.78, 5) is 13.1. The average Bonchev–Trinajstić information content (AvgIpc) is 3.04. The Kier molecular flexibility index (Phi) is 3.44. The number of fused-ring (bicyclic) bond motifs is 2. The molecule has 0 unspecified atom stereocenters. The Hall–Kier alpha value is -2.90. The average molecular weight is 375 g/mol. The van der Waals surface area contributed by atoms with E-state index < -0.39 is 0 Å². The highest BCUT2D eigenvalue weighted by molar-refractivity contribution is 9.10. The largest absolute Gasteiger partial charge is 0.283 e. The van der Waals surface area contributed by atoms with Crippen molar-refractivity contribution in [2.24, 2.45) is 0 Å². The second-order valence-electron chi connectivity index (χ2n) is 5.52. The minimum absolute atomic E-state index is 0.0848. The molecule has 4 rings (SSSR count). The molecule has 24 heavy (non-hydrogen) atoms. The van der Waals surface area contributed by atoms with E-state index in [-0.39, 0.29) is 5.91 Å². The highest BCUT2D eigenvalue weighted by Gasteiger charge is 2.15. The number of carbonyl (C=O) groups excluding carboxylic acids is 1. The van der Waals surface area contributed by atoms with Crippen molar-refractivity contribution in [1.82, 2.24) is 4.57 Å². The fourth-order valence-corrected chi connectivity index (χ4v) is 3.48. The normalized spacial score (nSPS) is 10.8. The molecule has 0 aliphatic carbocycles. The minimum Gasteiger partial charge on any atom is -0.283 e. The minimum atomic E-state index is -0.0848. The maximum atomic E-state index is 13.1. The molecule has 0 radical (unpaired) electrons. The number of halogens is 1. The molecule has 4 heteroatoms. The maximum Gasteiger partial charge on any atom is 0.262 e. The molecule has 0 bridgehead atoms. The van der Waals surface area contributed by atoms with Gasteiger partial charge in [0.1, 0.15) is 0 Å². The molecule has 3 nitrogen and oxygen atoms in total. The van der Waals surface area contributed by atoms with Gasteiger partial charge in [0.15, 0.2) is 0 Å². The van der Waals surface area contributed by atoms with Gasteiger partial charge < -0.3 is 0 Å². The molecule has 0 aliphatic rings. The SMILES string of the molecule is N#Cc1ccc2c(ccn2C(=O)c2cccc3c(Br)cccc23)c1. The van der Waals surface area contributed by atoms with Crippen LogP contribution in [-0.2, 0) is 0 Å². The maximum absolute atomic E-state index is 13.1. The molecule has 0 spiro atoms. The van der Waals surface area contributed by atoms with Crippen LogP contribution in [0.5, 0.6) is 0 Å². The van der Waals surface area contributed by atoms with Crippen molar-refractivity contribution in [3.63, 3.8) is 0 Å². The van der Waals surface area contributed by atoms with Crippen LogP contribution >= 0.6 is 15.9 Å². The number of benzene rings is 3. The van der Waals surface area contributed by atoms with Gasteiger partial charge >= 0.3 is 0 Å². The van der Waals surface area contributed by atoms with Crippen LogP contribution in [0.3, 0.4) is 0 Å². The zero-order valence-electron chi connectivity index (χ0n) is 12.5. The molecule has 4 aromatic rings. The number of aromatic nitrogens is 1. The number of nitriles is 1. The van der Waals surface area contributed by atoms with Crippen LogP contribution in [0.25, 0.3) is 21.7 Å². The van der Waals surface area contributed by atoms with Gasteiger partial charge in [-0.05, 0) is 47.2 Å². The number of nitrogens with zero attached hydrogens (tertiary/aromatic N) is 2. The molecule has 114 valence electrons. The predicted molar refractivity (Wildman–Crippen MR) is 98.0 cm³/mol. The predicted octanol–water partition coefficient (Wildman–Crippen LogP) is 5.12. The molecular weight excluding hydrogens is 364 g/mol. The third-order valence-corrected chi connectivity index (χ3v) is 4.83. The first-order valence-electron chi connectivity index (χ1n) is 7.42. The van der Waals surface area contributed by atoms with Crippen LogP contribution in [-0.4, -0.2) is 10.5 Å². The topological polar surface area (TPSA) is 45.8 Å². The molecule has 3 aromatic carbocycles. The van der Waals surface area contributed by atoms with Crippen molar-refractivity contribution in [2.75, 3.05) is 0 Å². The molecule has 0 N–H and O–H groups in total. The van der Waals surface area contributed by atoms with E-state index in [2.05, 4.69) is 22.0 Å². The first-order valence-corrected chi connectivity index (χ1v) is 8.21. The van der Waals surface area contributed by atoms with Crippen molar-refractivity contribution in [1.29, 1.82) is 5.26 Å². The highest BCUT2D eigenvalue weighted by atomic mass is 79.9. The summed E-state index contributed by atoms with van der Waals surface area (Å²) in [5.41, 5.74) is 2.03. The number of hydrogen-bond acceptors (Lipinski definition) is 2. The van der Waals surface area contributed by atoms with Gasteiger partial charge in [-0.3, -0.25) is 9.36 Å². The molecule has 0 aliphatic heterocycles. The molecule has 1 aromatic heterocycles. The van der Waals surface area contributed by atoms with E-state index in [0.717, 1.165) is 26.1 Å². The third kappa shape index (κ3) is 2.22. The van der Waals surface area contributed by atoms with Crippen LogP contribution < -0.4 is 0 Å². The Labute approximate surface area is 146 Å². The van der Waals surface area contributed by atoms with Gasteiger partial charge in [0.2, 0.25) is 0 Å². The Balaban J connectivity index is 1.92. The third-order valence-electron chi connectivity index (χ3n) is 4.14. The summed E-state index contributed by atoms with van der Waals surface area (Å²) in [7, 11) is 0. The van der Waals surface area contributed by atoms with Gasteiger partial charge in [0, 0.05) is 21.6 Å². The van der Waals surface area contributed by atoms with Crippen LogP contribution in [0.2, 0.25) is 0 Å². The second-order valence-corrected chi connectivity index (χ2v) is 6.37. The lowest BCUT2D eigenvalue weighted by molar-refractivity contribution is 0.0966. The second kappa shape index (κ2) is 5.63. The Bertz CT molecular complexity index is 1150. The molecule has 0 amide bonds. The zero-order valence-corrected chi connectivity index (χ0v) is 14.1. The summed E-state index contributed by atoms with van der Waals surface area (Å²) in [6, 6.07) is 20.9. The summed E-state index contributed by atoms with van der Waals surface area (Å²) in [6.45, 7) is 0. The van der Waals surface area contributed by atoms with Gasteiger partial charge in [-0.2, -0.15) is 5.26 Å². The molecule has 0 fully saturated rings. The van der Waals surface area contributed by atoms with E-state index in [1.165, 1.54) is 0 Å². The van der Waals surface area contributed by atoms with Crippen molar-refractivity contribution < 1.29 is 4.79 Å². The molecule has 1 heterocycles. The quantitative estimate of drug-likeness (QED) is 0.464. The molecule has 0 atom stereocenters.